The minimum absolute atomic E-state index is 0.0785. The summed E-state index contributed by atoms with van der Waals surface area (Å²) in [5, 5.41) is 8.49. The first-order valence-corrected chi connectivity index (χ1v) is 11.1. The molecule has 0 aliphatic carbocycles. The number of halogens is 1. The summed E-state index contributed by atoms with van der Waals surface area (Å²) < 4.78 is 16.2. The molecule has 0 unspecified atom stereocenters. The van der Waals surface area contributed by atoms with Crippen molar-refractivity contribution in [1.82, 2.24) is 19.4 Å². The molecule has 0 aliphatic rings. The SMILES string of the molecule is Nn1c(Nc2cccc(F)c2)nc2c(c(SCc3ccccc3)nn2-c2ccccc2)c1=O. The summed E-state index contributed by atoms with van der Waals surface area (Å²) >= 11 is 1.44. The van der Waals surface area contributed by atoms with E-state index in [-0.39, 0.29) is 5.95 Å². The summed E-state index contributed by atoms with van der Waals surface area (Å²) in [6.07, 6.45) is 0. The molecule has 5 aromatic rings. The van der Waals surface area contributed by atoms with Gasteiger partial charge in [0.2, 0.25) is 5.95 Å². The molecule has 0 amide bonds. The number of fused-ring (bicyclic) bond motifs is 1. The maximum atomic E-state index is 13.6. The Morgan fingerprint density at radius 1 is 0.970 bits per heavy atom. The van der Waals surface area contributed by atoms with E-state index >= 15 is 0 Å². The van der Waals surface area contributed by atoms with Crippen LogP contribution in [0.25, 0.3) is 16.7 Å². The average Bonchev–Trinajstić information content (AvgIpc) is 3.21. The molecule has 3 N–H and O–H groups in total. The normalized spacial score (nSPS) is 11.1. The molecule has 164 valence electrons. The minimum Gasteiger partial charge on any atom is -0.333 e. The molecule has 9 heteroatoms. The van der Waals surface area contributed by atoms with Gasteiger partial charge in [-0.1, -0.05) is 66.4 Å². The lowest BCUT2D eigenvalue weighted by Gasteiger charge is -2.10. The molecular formula is C24H19FN6OS. The molecule has 2 aromatic heterocycles. The van der Waals surface area contributed by atoms with Crippen LogP contribution < -0.4 is 16.7 Å². The zero-order valence-corrected chi connectivity index (χ0v) is 18.2. The van der Waals surface area contributed by atoms with Gasteiger partial charge in [0.1, 0.15) is 16.2 Å². The van der Waals surface area contributed by atoms with Crippen molar-refractivity contribution in [2.75, 3.05) is 11.2 Å². The predicted octanol–water partition coefficient (Wildman–Crippen LogP) is 4.47. The maximum Gasteiger partial charge on any atom is 0.285 e. The van der Waals surface area contributed by atoms with Crippen LogP contribution in [0.2, 0.25) is 0 Å². The molecule has 0 bridgehead atoms. The van der Waals surface area contributed by atoms with E-state index in [9.17, 15) is 9.18 Å². The fraction of sp³-hybridized carbons (Fsp3) is 0.0417. The quantitative estimate of drug-likeness (QED) is 0.288. The largest absolute Gasteiger partial charge is 0.333 e. The van der Waals surface area contributed by atoms with E-state index in [2.05, 4.69) is 10.3 Å². The Labute approximate surface area is 192 Å². The van der Waals surface area contributed by atoms with E-state index < -0.39 is 11.4 Å². The Morgan fingerprint density at radius 2 is 1.70 bits per heavy atom. The van der Waals surface area contributed by atoms with Crippen LogP contribution in [0.1, 0.15) is 5.56 Å². The highest BCUT2D eigenvalue weighted by Crippen LogP contribution is 2.29. The molecule has 0 aliphatic heterocycles. The highest BCUT2D eigenvalue weighted by atomic mass is 32.2. The standard InChI is InChI=1S/C24H19FN6OS/c25-17-10-7-11-18(14-17)27-24-28-21-20(23(32)30(24)26)22(33-15-16-8-3-1-4-9-16)29-31(21)19-12-5-2-6-13-19/h1-14H,15,26H2,(H,27,28). The van der Waals surface area contributed by atoms with E-state index in [4.69, 9.17) is 10.9 Å². The summed E-state index contributed by atoms with van der Waals surface area (Å²) in [6.45, 7) is 0. The molecule has 7 nitrogen and oxygen atoms in total. The first kappa shape index (κ1) is 20.8. The van der Waals surface area contributed by atoms with E-state index in [0.717, 1.165) is 15.9 Å². The molecule has 0 radical (unpaired) electrons. The summed E-state index contributed by atoms with van der Waals surface area (Å²) in [5.74, 6) is 6.39. The third kappa shape index (κ3) is 4.18. The number of nitrogens with zero attached hydrogens (tertiary/aromatic N) is 4. The summed E-state index contributed by atoms with van der Waals surface area (Å²) in [7, 11) is 0. The number of thioether (sulfide) groups is 1. The zero-order valence-electron chi connectivity index (χ0n) is 17.4. The number of nitrogens with one attached hydrogen (secondary N) is 1. The van der Waals surface area contributed by atoms with Gasteiger partial charge in [-0.25, -0.2) is 9.07 Å². The molecule has 0 fully saturated rings. The Hall–Kier alpha value is -4.11. The molecule has 0 saturated carbocycles. The maximum absolute atomic E-state index is 13.6. The predicted molar refractivity (Wildman–Crippen MR) is 129 cm³/mol. The molecular weight excluding hydrogens is 439 g/mol. The van der Waals surface area contributed by atoms with Crippen LogP contribution in [0, 0.1) is 5.82 Å². The second-order valence-corrected chi connectivity index (χ2v) is 8.24. The Morgan fingerprint density at radius 3 is 2.42 bits per heavy atom. The van der Waals surface area contributed by atoms with Gasteiger partial charge in [-0.2, -0.15) is 14.8 Å². The van der Waals surface area contributed by atoms with Crippen molar-refractivity contribution in [3.05, 3.63) is 107 Å². The molecule has 33 heavy (non-hydrogen) atoms. The van der Waals surface area contributed by atoms with E-state index in [1.807, 2.05) is 60.7 Å². The monoisotopic (exact) mass is 458 g/mol. The molecule has 2 heterocycles. The van der Waals surface area contributed by atoms with Crippen LogP contribution in [-0.4, -0.2) is 19.4 Å². The van der Waals surface area contributed by atoms with Crippen LogP contribution in [0.15, 0.2) is 94.7 Å². The number of benzene rings is 3. The van der Waals surface area contributed by atoms with Gasteiger partial charge in [0.15, 0.2) is 5.65 Å². The lowest BCUT2D eigenvalue weighted by molar-refractivity contribution is 0.628. The third-order valence-electron chi connectivity index (χ3n) is 5.00. The van der Waals surface area contributed by atoms with Crippen molar-refractivity contribution >= 4 is 34.4 Å². The number of aromatic nitrogens is 4. The van der Waals surface area contributed by atoms with Crippen LogP contribution in [0.3, 0.4) is 0 Å². The van der Waals surface area contributed by atoms with Crippen LogP contribution >= 0.6 is 11.8 Å². The third-order valence-corrected chi connectivity index (χ3v) is 6.04. The van der Waals surface area contributed by atoms with Gasteiger partial charge in [-0.3, -0.25) is 4.79 Å². The first-order valence-electron chi connectivity index (χ1n) is 10.2. The van der Waals surface area contributed by atoms with E-state index in [1.165, 1.54) is 23.9 Å². The second-order valence-electron chi connectivity index (χ2n) is 7.27. The van der Waals surface area contributed by atoms with Crippen molar-refractivity contribution in [2.24, 2.45) is 0 Å². The Kier molecular flexibility index (Phi) is 5.54. The fourth-order valence-electron chi connectivity index (χ4n) is 3.41. The van der Waals surface area contributed by atoms with Crippen LogP contribution in [-0.2, 0) is 5.75 Å². The highest BCUT2D eigenvalue weighted by Gasteiger charge is 2.21. The van der Waals surface area contributed by atoms with Crippen LogP contribution in [0.4, 0.5) is 16.0 Å². The fourth-order valence-corrected chi connectivity index (χ4v) is 4.37. The highest BCUT2D eigenvalue weighted by molar-refractivity contribution is 7.98. The molecule has 0 spiro atoms. The topological polar surface area (TPSA) is 90.8 Å². The van der Waals surface area contributed by atoms with Crippen molar-refractivity contribution in [3.8, 4) is 5.69 Å². The van der Waals surface area contributed by atoms with Gasteiger partial charge in [0.25, 0.3) is 5.56 Å². The zero-order chi connectivity index (χ0) is 22.8. The van der Waals surface area contributed by atoms with Crippen molar-refractivity contribution < 1.29 is 4.39 Å². The number of hydrogen-bond donors (Lipinski definition) is 2. The number of anilines is 2. The number of hydrogen-bond acceptors (Lipinski definition) is 6. The number of nitrogens with two attached hydrogens (primary N) is 1. The lowest BCUT2D eigenvalue weighted by Crippen LogP contribution is -2.30. The minimum atomic E-state index is -0.448. The summed E-state index contributed by atoms with van der Waals surface area (Å²) in [6, 6.07) is 25.2. The second kappa shape index (κ2) is 8.79. The first-order chi connectivity index (χ1) is 16.1. The molecule has 0 saturated heterocycles. The van der Waals surface area contributed by atoms with Gasteiger partial charge >= 0.3 is 0 Å². The van der Waals surface area contributed by atoms with Crippen molar-refractivity contribution in [1.29, 1.82) is 0 Å². The van der Waals surface area contributed by atoms with Gasteiger partial charge in [-0.15, -0.1) is 0 Å². The lowest BCUT2D eigenvalue weighted by atomic mass is 10.2. The smallest absolute Gasteiger partial charge is 0.285 e. The summed E-state index contributed by atoms with van der Waals surface area (Å²) in [5.41, 5.74) is 2.20. The van der Waals surface area contributed by atoms with E-state index in [0.29, 0.717) is 27.5 Å². The molecule has 0 atom stereocenters. The van der Waals surface area contributed by atoms with Crippen molar-refractivity contribution in [2.45, 2.75) is 10.8 Å². The number of nitrogen functional groups attached to an aromatic ring is 1. The van der Waals surface area contributed by atoms with Gasteiger partial charge < -0.3 is 11.2 Å². The summed E-state index contributed by atoms with van der Waals surface area (Å²) in [4.78, 5) is 17.9. The molecule has 5 rings (SSSR count). The van der Waals surface area contributed by atoms with Gasteiger partial charge in [-0.05, 0) is 35.9 Å². The van der Waals surface area contributed by atoms with Crippen molar-refractivity contribution in [3.63, 3.8) is 0 Å². The average molecular weight is 459 g/mol. The Balaban J connectivity index is 1.64. The number of para-hydroxylation sites is 1. The van der Waals surface area contributed by atoms with Gasteiger partial charge in [0.05, 0.1) is 5.69 Å². The van der Waals surface area contributed by atoms with E-state index in [1.54, 1.807) is 16.8 Å². The number of rotatable bonds is 6. The Bertz CT molecular complexity index is 1480. The molecule has 3 aromatic carbocycles. The van der Waals surface area contributed by atoms with Gasteiger partial charge in [0, 0.05) is 11.4 Å². The van der Waals surface area contributed by atoms with Crippen LogP contribution in [0.5, 0.6) is 0 Å².